The van der Waals surface area contributed by atoms with Gasteiger partial charge in [0.15, 0.2) is 5.82 Å². The molecule has 0 aliphatic heterocycles. The van der Waals surface area contributed by atoms with Crippen LogP contribution in [-0.2, 0) is 0 Å². The van der Waals surface area contributed by atoms with Crippen LogP contribution in [0, 0.1) is 0 Å². The first-order chi connectivity index (χ1) is 8.77. The average molecular weight is 263 g/mol. The van der Waals surface area contributed by atoms with E-state index in [4.69, 9.17) is 17.3 Å². The summed E-state index contributed by atoms with van der Waals surface area (Å²) in [5.74, 6) is 0.821. The van der Waals surface area contributed by atoms with Crippen LogP contribution in [0.15, 0.2) is 24.5 Å². The Balaban J connectivity index is 2.06. The van der Waals surface area contributed by atoms with Gasteiger partial charge in [-0.3, -0.25) is 0 Å². The molecule has 4 nitrogen and oxygen atoms in total. The summed E-state index contributed by atoms with van der Waals surface area (Å²) < 4.78 is 2.13. The van der Waals surface area contributed by atoms with E-state index in [9.17, 15) is 0 Å². The topological polar surface area (TPSA) is 56.7 Å². The highest BCUT2D eigenvalue weighted by molar-refractivity contribution is 6.33. The third-order valence-electron chi connectivity index (χ3n) is 3.58. The molecule has 3 rings (SSSR count). The molecule has 2 aromatic rings. The molecule has 1 aliphatic carbocycles. The monoisotopic (exact) mass is 262 g/mol. The van der Waals surface area contributed by atoms with E-state index in [0.29, 0.717) is 16.8 Å². The van der Waals surface area contributed by atoms with E-state index in [2.05, 4.69) is 14.8 Å². The Morgan fingerprint density at radius 1 is 1.28 bits per heavy atom. The molecule has 1 fully saturated rings. The van der Waals surface area contributed by atoms with Crippen molar-refractivity contribution in [3.8, 4) is 11.4 Å². The van der Waals surface area contributed by atoms with Crippen molar-refractivity contribution in [1.29, 1.82) is 0 Å². The number of anilines is 1. The Hall–Kier alpha value is -1.55. The Morgan fingerprint density at radius 3 is 2.83 bits per heavy atom. The highest BCUT2D eigenvalue weighted by Gasteiger charge is 2.21. The molecular weight excluding hydrogens is 248 g/mol. The minimum absolute atomic E-state index is 0.494. The average Bonchev–Trinajstić information content (AvgIpc) is 3.01. The van der Waals surface area contributed by atoms with Gasteiger partial charge in [0.05, 0.1) is 10.7 Å². The van der Waals surface area contributed by atoms with E-state index in [-0.39, 0.29) is 0 Å². The number of para-hydroxylation sites is 1. The lowest BCUT2D eigenvalue weighted by molar-refractivity contribution is 0.522. The Bertz CT molecular complexity index is 558. The van der Waals surface area contributed by atoms with E-state index in [0.717, 1.165) is 11.4 Å². The smallest absolute Gasteiger partial charge is 0.166 e. The van der Waals surface area contributed by atoms with Gasteiger partial charge in [-0.1, -0.05) is 30.5 Å². The molecule has 1 aromatic heterocycles. The summed E-state index contributed by atoms with van der Waals surface area (Å²) in [6, 6.07) is 6.11. The van der Waals surface area contributed by atoms with E-state index in [1.165, 1.54) is 25.7 Å². The third-order valence-corrected chi connectivity index (χ3v) is 3.91. The molecule has 5 heteroatoms. The lowest BCUT2D eigenvalue weighted by Gasteiger charge is -2.14. The number of halogens is 1. The molecule has 1 aliphatic rings. The van der Waals surface area contributed by atoms with Crippen molar-refractivity contribution < 1.29 is 0 Å². The van der Waals surface area contributed by atoms with Crippen molar-refractivity contribution in [3.63, 3.8) is 0 Å². The zero-order chi connectivity index (χ0) is 12.5. The molecular formula is C13H15ClN4. The first-order valence-electron chi connectivity index (χ1n) is 6.21. The van der Waals surface area contributed by atoms with Crippen molar-refractivity contribution in [2.24, 2.45) is 0 Å². The van der Waals surface area contributed by atoms with Crippen LogP contribution in [0.4, 0.5) is 5.69 Å². The zero-order valence-corrected chi connectivity index (χ0v) is 10.8. The van der Waals surface area contributed by atoms with Crippen LogP contribution >= 0.6 is 11.6 Å². The molecule has 1 aromatic carbocycles. The first-order valence-corrected chi connectivity index (χ1v) is 6.59. The van der Waals surface area contributed by atoms with Gasteiger partial charge in [-0.25, -0.2) is 0 Å². The maximum absolute atomic E-state index is 6.06. The largest absolute Gasteiger partial charge is 0.397 e. The van der Waals surface area contributed by atoms with E-state index in [1.807, 2.05) is 12.1 Å². The molecule has 0 radical (unpaired) electrons. The maximum Gasteiger partial charge on any atom is 0.166 e. The van der Waals surface area contributed by atoms with Crippen molar-refractivity contribution in [1.82, 2.24) is 14.8 Å². The number of aromatic nitrogens is 3. The van der Waals surface area contributed by atoms with Gasteiger partial charge in [-0.15, -0.1) is 10.2 Å². The normalized spacial score (nSPS) is 16.3. The lowest BCUT2D eigenvalue weighted by atomic mass is 10.1. The number of benzene rings is 1. The van der Waals surface area contributed by atoms with E-state index < -0.39 is 0 Å². The standard InChI is InChI=1S/C13H15ClN4/c14-11-7-3-6-10(12(11)15)13-17-16-8-18(13)9-4-1-2-5-9/h3,6-9H,1-2,4-5,15H2. The second-order valence-electron chi connectivity index (χ2n) is 4.70. The second kappa shape index (κ2) is 4.61. The van der Waals surface area contributed by atoms with Crippen molar-refractivity contribution in [2.45, 2.75) is 31.7 Å². The van der Waals surface area contributed by atoms with Crippen LogP contribution in [-0.4, -0.2) is 14.8 Å². The molecule has 0 atom stereocenters. The minimum Gasteiger partial charge on any atom is -0.397 e. The molecule has 0 unspecified atom stereocenters. The molecule has 2 N–H and O–H groups in total. The summed E-state index contributed by atoms with van der Waals surface area (Å²) in [4.78, 5) is 0. The Kier molecular flexibility index (Phi) is 2.96. The molecule has 1 heterocycles. The number of nitrogens with two attached hydrogens (primary N) is 1. The first kappa shape index (κ1) is 11.5. The lowest BCUT2D eigenvalue weighted by Crippen LogP contribution is -2.06. The van der Waals surface area contributed by atoms with E-state index in [1.54, 1.807) is 12.4 Å². The van der Waals surface area contributed by atoms with Crippen LogP contribution in [0.25, 0.3) is 11.4 Å². The fraction of sp³-hybridized carbons (Fsp3) is 0.385. The van der Waals surface area contributed by atoms with Gasteiger partial charge in [0.1, 0.15) is 6.33 Å². The zero-order valence-electron chi connectivity index (χ0n) is 10.0. The van der Waals surface area contributed by atoms with Crippen LogP contribution in [0.5, 0.6) is 0 Å². The molecule has 1 saturated carbocycles. The number of nitrogens with zero attached hydrogens (tertiary/aromatic N) is 3. The molecule has 0 amide bonds. The van der Waals surface area contributed by atoms with Crippen LogP contribution in [0.1, 0.15) is 31.7 Å². The number of hydrogen-bond donors (Lipinski definition) is 1. The minimum atomic E-state index is 0.494. The fourth-order valence-electron chi connectivity index (χ4n) is 2.62. The van der Waals surface area contributed by atoms with Crippen molar-refractivity contribution in [3.05, 3.63) is 29.5 Å². The van der Waals surface area contributed by atoms with E-state index >= 15 is 0 Å². The van der Waals surface area contributed by atoms with Crippen LogP contribution in [0.2, 0.25) is 5.02 Å². The molecule has 18 heavy (non-hydrogen) atoms. The predicted molar refractivity (Wildman–Crippen MR) is 72.4 cm³/mol. The summed E-state index contributed by atoms with van der Waals surface area (Å²) in [6.07, 6.45) is 6.71. The van der Waals surface area contributed by atoms with Gasteiger partial charge in [0.2, 0.25) is 0 Å². The number of nitrogen functional groups attached to an aromatic ring is 1. The quantitative estimate of drug-likeness (QED) is 0.845. The summed E-state index contributed by atoms with van der Waals surface area (Å²) >= 11 is 6.06. The molecule has 0 saturated heterocycles. The highest BCUT2D eigenvalue weighted by Crippen LogP contribution is 2.35. The SMILES string of the molecule is Nc1c(Cl)cccc1-c1nncn1C1CCCC1. The summed E-state index contributed by atoms with van der Waals surface area (Å²) in [5.41, 5.74) is 7.47. The van der Waals surface area contributed by atoms with Gasteiger partial charge in [-0.05, 0) is 25.0 Å². The molecule has 94 valence electrons. The van der Waals surface area contributed by atoms with Crippen molar-refractivity contribution in [2.75, 3.05) is 5.73 Å². The van der Waals surface area contributed by atoms with Gasteiger partial charge < -0.3 is 10.3 Å². The van der Waals surface area contributed by atoms with Crippen LogP contribution in [0.3, 0.4) is 0 Å². The maximum atomic E-state index is 6.06. The summed E-state index contributed by atoms with van der Waals surface area (Å²) in [6.45, 7) is 0. The van der Waals surface area contributed by atoms with Crippen molar-refractivity contribution >= 4 is 17.3 Å². The third kappa shape index (κ3) is 1.86. The molecule has 0 spiro atoms. The van der Waals surface area contributed by atoms with Gasteiger partial charge in [0, 0.05) is 11.6 Å². The molecule has 0 bridgehead atoms. The number of hydrogen-bond acceptors (Lipinski definition) is 3. The number of rotatable bonds is 2. The fourth-order valence-corrected chi connectivity index (χ4v) is 2.79. The Morgan fingerprint density at radius 2 is 2.06 bits per heavy atom. The Labute approximate surface area is 111 Å². The highest BCUT2D eigenvalue weighted by atomic mass is 35.5. The predicted octanol–water partition coefficient (Wildman–Crippen LogP) is 3.30. The van der Waals surface area contributed by atoms with Gasteiger partial charge in [-0.2, -0.15) is 0 Å². The second-order valence-corrected chi connectivity index (χ2v) is 5.11. The summed E-state index contributed by atoms with van der Waals surface area (Å²) in [5, 5.41) is 8.80. The van der Waals surface area contributed by atoms with Crippen LogP contribution < -0.4 is 5.73 Å². The van der Waals surface area contributed by atoms with Gasteiger partial charge >= 0.3 is 0 Å². The van der Waals surface area contributed by atoms with Gasteiger partial charge in [0.25, 0.3) is 0 Å². The summed E-state index contributed by atoms with van der Waals surface area (Å²) in [7, 11) is 0.